The number of carbonyl (C=O) groups excluding carboxylic acids is 1. The second-order valence-corrected chi connectivity index (χ2v) is 9.97. The number of aromatic nitrogens is 2. The topological polar surface area (TPSA) is 84.0 Å². The highest BCUT2D eigenvalue weighted by Gasteiger charge is 2.53. The second kappa shape index (κ2) is 6.06. The highest BCUT2D eigenvalue weighted by Crippen LogP contribution is 2.61. The Morgan fingerprint density at radius 1 is 1.26 bits per heavy atom. The van der Waals surface area contributed by atoms with Gasteiger partial charge in [0.1, 0.15) is 11.2 Å². The average Bonchev–Trinajstić information content (AvgIpc) is 3.06. The maximum Gasteiger partial charge on any atom is 0.329 e. The maximum atomic E-state index is 12.7. The monoisotopic (exact) mass is 387 g/mol. The summed E-state index contributed by atoms with van der Waals surface area (Å²) in [6.07, 6.45) is 7.73. The molecule has 4 aliphatic rings. The molecule has 0 spiro atoms. The smallest absolute Gasteiger partial charge is 0.329 e. The number of fused-ring (bicyclic) bond motifs is 1. The Bertz CT molecular complexity index is 982. The van der Waals surface area contributed by atoms with E-state index in [0.29, 0.717) is 10.2 Å². The Hall–Kier alpha value is -1.89. The van der Waals surface area contributed by atoms with Gasteiger partial charge in [-0.1, -0.05) is 0 Å². The van der Waals surface area contributed by atoms with Gasteiger partial charge in [-0.15, -0.1) is 11.3 Å². The number of hydrogen-bond donors (Lipinski definition) is 2. The van der Waals surface area contributed by atoms with Crippen molar-refractivity contribution in [2.24, 2.45) is 23.2 Å². The molecule has 2 heterocycles. The van der Waals surface area contributed by atoms with Crippen LogP contribution in [0.5, 0.6) is 0 Å². The summed E-state index contributed by atoms with van der Waals surface area (Å²) in [6.45, 7) is 1.89. The standard InChI is InChI=1S/C20H25N3O3S/c1-11(20-7-12-4-13(8-20)6-14(5-12)9-20)21-16(24)10-23-18(25)17-15(2-3-27-17)22-19(23)26/h2-3,11-14H,4-10H2,1H3,(H,21,24)(H,22,26)/t11-,12?,13?,14?,20?/m1/s1. The molecule has 4 bridgehead atoms. The Morgan fingerprint density at radius 3 is 2.52 bits per heavy atom. The van der Waals surface area contributed by atoms with Crippen molar-refractivity contribution in [1.82, 2.24) is 14.9 Å². The molecule has 2 N–H and O–H groups in total. The first-order chi connectivity index (χ1) is 12.9. The summed E-state index contributed by atoms with van der Waals surface area (Å²) in [5.41, 5.74) is -0.169. The van der Waals surface area contributed by atoms with Crippen LogP contribution in [0.15, 0.2) is 21.0 Å². The molecule has 4 fully saturated rings. The second-order valence-electron chi connectivity index (χ2n) is 9.05. The van der Waals surface area contributed by atoms with Crippen molar-refractivity contribution in [1.29, 1.82) is 0 Å². The van der Waals surface area contributed by atoms with E-state index >= 15 is 0 Å². The van der Waals surface area contributed by atoms with Crippen LogP contribution in [0.3, 0.4) is 0 Å². The van der Waals surface area contributed by atoms with Gasteiger partial charge in [0.25, 0.3) is 5.56 Å². The molecule has 0 aromatic carbocycles. The zero-order valence-corrected chi connectivity index (χ0v) is 16.3. The molecule has 1 atom stereocenters. The molecule has 6 nitrogen and oxygen atoms in total. The number of thiophene rings is 1. The number of hydrogen-bond acceptors (Lipinski definition) is 4. The van der Waals surface area contributed by atoms with E-state index in [4.69, 9.17) is 0 Å². The van der Waals surface area contributed by atoms with Crippen molar-refractivity contribution in [3.8, 4) is 0 Å². The van der Waals surface area contributed by atoms with Crippen LogP contribution in [0, 0.1) is 23.2 Å². The lowest BCUT2D eigenvalue weighted by Crippen LogP contribution is -2.56. The minimum atomic E-state index is -0.525. The van der Waals surface area contributed by atoms with Crippen molar-refractivity contribution in [2.45, 2.75) is 58.0 Å². The maximum absolute atomic E-state index is 12.7. The molecule has 2 aromatic heterocycles. The van der Waals surface area contributed by atoms with Crippen molar-refractivity contribution in [2.75, 3.05) is 0 Å². The quantitative estimate of drug-likeness (QED) is 0.845. The van der Waals surface area contributed by atoms with Gasteiger partial charge in [0.2, 0.25) is 5.91 Å². The van der Waals surface area contributed by atoms with Crippen molar-refractivity contribution in [3.05, 3.63) is 32.3 Å². The summed E-state index contributed by atoms with van der Waals surface area (Å²) in [5, 5.41) is 4.90. The number of amides is 1. The Labute approximate surface area is 161 Å². The first-order valence-corrected chi connectivity index (χ1v) is 10.8. The summed E-state index contributed by atoms with van der Waals surface area (Å²) in [4.78, 5) is 40.1. The van der Waals surface area contributed by atoms with Gasteiger partial charge in [0.05, 0.1) is 5.52 Å². The molecule has 1 amide bonds. The first kappa shape index (κ1) is 17.2. The average molecular weight is 388 g/mol. The summed E-state index contributed by atoms with van der Waals surface area (Å²) in [5.74, 6) is 2.22. The van der Waals surface area contributed by atoms with Crippen LogP contribution in [-0.4, -0.2) is 21.5 Å². The van der Waals surface area contributed by atoms with Gasteiger partial charge in [-0.3, -0.25) is 9.59 Å². The molecule has 4 saturated carbocycles. The van der Waals surface area contributed by atoms with Crippen LogP contribution in [0.25, 0.3) is 10.2 Å². The molecule has 0 unspecified atom stereocenters. The van der Waals surface area contributed by atoms with E-state index in [2.05, 4.69) is 17.2 Å². The van der Waals surface area contributed by atoms with E-state index in [-0.39, 0.29) is 29.5 Å². The fourth-order valence-corrected chi connectivity index (χ4v) is 7.20. The molecule has 2 aromatic rings. The van der Waals surface area contributed by atoms with Gasteiger partial charge in [0, 0.05) is 6.04 Å². The van der Waals surface area contributed by atoms with E-state index in [1.165, 1.54) is 49.9 Å². The van der Waals surface area contributed by atoms with E-state index in [1.807, 2.05) is 0 Å². The van der Waals surface area contributed by atoms with Gasteiger partial charge >= 0.3 is 5.69 Å². The SMILES string of the molecule is C[C@@H](NC(=O)Cn1c(=O)[nH]c2ccsc2c1=O)C12CC3CC(CC(C3)C1)C2. The van der Waals surface area contributed by atoms with Crippen LogP contribution < -0.4 is 16.6 Å². The lowest BCUT2D eigenvalue weighted by atomic mass is 9.48. The zero-order valence-electron chi connectivity index (χ0n) is 15.5. The lowest BCUT2D eigenvalue weighted by Gasteiger charge is -2.59. The molecule has 0 aliphatic heterocycles. The molecule has 6 rings (SSSR count). The number of aromatic amines is 1. The minimum Gasteiger partial charge on any atom is -0.352 e. The number of nitrogens with one attached hydrogen (secondary N) is 2. The molecule has 27 heavy (non-hydrogen) atoms. The van der Waals surface area contributed by atoms with Crippen molar-refractivity contribution >= 4 is 27.5 Å². The third-order valence-electron chi connectivity index (χ3n) is 7.27. The molecular weight excluding hydrogens is 362 g/mol. The normalized spacial score (nSPS) is 32.7. The summed E-state index contributed by atoms with van der Waals surface area (Å²) in [7, 11) is 0. The number of carbonyl (C=O) groups is 1. The van der Waals surface area contributed by atoms with Crippen molar-refractivity contribution < 1.29 is 4.79 Å². The van der Waals surface area contributed by atoms with Crippen molar-refractivity contribution in [3.63, 3.8) is 0 Å². The largest absolute Gasteiger partial charge is 0.352 e. The summed E-state index contributed by atoms with van der Waals surface area (Å²) in [6, 6.07) is 1.79. The van der Waals surface area contributed by atoms with Gasteiger partial charge in [-0.2, -0.15) is 0 Å². The first-order valence-electron chi connectivity index (χ1n) is 9.93. The molecule has 4 aliphatic carbocycles. The van der Waals surface area contributed by atoms with Crippen LogP contribution in [0.4, 0.5) is 0 Å². The molecule has 0 saturated heterocycles. The van der Waals surface area contributed by atoms with Gasteiger partial charge in [0.15, 0.2) is 0 Å². The van der Waals surface area contributed by atoms with Crippen LogP contribution in [0.2, 0.25) is 0 Å². The summed E-state index contributed by atoms with van der Waals surface area (Å²) >= 11 is 1.28. The van der Waals surface area contributed by atoms with E-state index in [9.17, 15) is 14.4 Å². The van der Waals surface area contributed by atoms with Gasteiger partial charge in [-0.05, 0) is 80.1 Å². The van der Waals surface area contributed by atoms with Crippen LogP contribution in [0.1, 0.15) is 45.4 Å². The van der Waals surface area contributed by atoms with Crippen LogP contribution >= 0.6 is 11.3 Å². The van der Waals surface area contributed by atoms with Gasteiger partial charge in [-0.25, -0.2) is 9.36 Å². The number of H-pyrrole nitrogens is 1. The molecular formula is C20H25N3O3S. The zero-order chi connectivity index (χ0) is 18.8. The molecule has 144 valence electrons. The predicted molar refractivity (Wildman–Crippen MR) is 105 cm³/mol. The third kappa shape index (κ3) is 2.78. The van der Waals surface area contributed by atoms with E-state index in [1.54, 1.807) is 11.4 Å². The minimum absolute atomic E-state index is 0.0821. The number of rotatable bonds is 4. The van der Waals surface area contributed by atoms with E-state index in [0.717, 1.165) is 22.3 Å². The Morgan fingerprint density at radius 2 is 1.89 bits per heavy atom. The fraction of sp³-hybridized carbons (Fsp3) is 0.650. The third-order valence-corrected chi connectivity index (χ3v) is 8.18. The van der Waals surface area contributed by atoms with Gasteiger partial charge < -0.3 is 10.3 Å². The van der Waals surface area contributed by atoms with E-state index < -0.39 is 5.69 Å². The number of nitrogens with zero attached hydrogens (tertiary/aromatic N) is 1. The predicted octanol–water partition coefficient (Wildman–Crippen LogP) is 2.47. The Balaban J connectivity index is 1.34. The fourth-order valence-electron chi connectivity index (χ4n) is 6.41. The highest BCUT2D eigenvalue weighted by atomic mass is 32.1. The molecule has 0 radical (unpaired) electrons. The summed E-state index contributed by atoms with van der Waals surface area (Å²) < 4.78 is 1.50. The lowest BCUT2D eigenvalue weighted by molar-refractivity contribution is -0.126. The Kier molecular flexibility index (Phi) is 3.86. The highest BCUT2D eigenvalue weighted by molar-refractivity contribution is 7.17. The van der Waals surface area contributed by atoms with Crippen LogP contribution in [-0.2, 0) is 11.3 Å². The molecule has 7 heteroatoms.